The Morgan fingerprint density at radius 2 is 1.95 bits per heavy atom. The van der Waals surface area contributed by atoms with Crippen molar-refractivity contribution in [1.29, 1.82) is 0 Å². The normalized spacial score (nSPS) is 17.6. The summed E-state index contributed by atoms with van der Waals surface area (Å²) in [4.78, 5) is 36.6. The van der Waals surface area contributed by atoms with Gasteiger partial charge >= 0.3 is 0 Å². The zero-order valence-electron chi connectivity index (χ0n) is 12.5. The number of amides is 2. The number of rotatable bonds is 6. The van der Waals surface area contributed by atoms with E-state index in [9.17, 15) is 18.8 Å². The maximum atomic E-state index is 12.8. The summed E-state index contributed by atoms with van der Waals surface area (Å²) in [6.45, 7) is 0.527. The summed E-state index contributed by atoms with van der Waals surface area (Å²) in [6.07, 6.45) is 1.24. The highest BCUT2D eigenvalue weighted by molar-refractivity contribution is 5.96. The van der Waals surface area contributed by atoms with Crippen molar-refractivity contribution in [3.8, 4) is 0 Å². The second kappa shape index (κ2) is 7.15. The molecule has 0 aromatic heterocycles. The monoisotopic (exact) mass is 306 g/mol. The fourth-order valence-electron chi connectivity index (χ4n) is 2.45. The standard InChI is InChI=1S/C16H19FN2O3/c1-19-10-13(9-16(19)22)18-15(21)4-2-3-14(20)11-5-7-12(17)8-6-11/h5-8,13H,2-4,9-10H2,1H3,(H,18,21)/t13-/m0/s1. The van der Waals surface area contributed by atoms with Crippen molar-refractivity contribution in [2.24, 2.45) is 0 Å². The van der Waals surface area contributed by atoms with Crippen molar-refractivity contribution in [2.75, 3.05) is 13.6 Å². The molecule has 1 fully saturated rings. The van der Waals surface area contributed by atoms with Gasteiger partial charge in [-0.1, -0.05) is 0 Å². The molecule has 0 aliphatic carbocycles. The Morgan fingerprint density at radius 3 is 2.55 bits per heavy atom. The SMILES string of the molecule is CN1C[C@@H](NC(=O)CCCC(=O)c2ccc(F)cc2)CC1=O. The molecule has 0 radical (unpaired) electrons. The summed E-state index contributed by atoms with van der Waals surface area (Å²) in [5, 5.41) is 2.80. The number of hydrogen-bond acceptors (Lipinski definition) is 3. The van der Waals surface area contributed by atoms with E-state index in [1.54, 1.807) is 11.9 Å². The molecular formula is C16H19FN2O3. The second-order valence-corrected chi connectivity index (χ2v) is 5.53. The lowest BCUT2D eigenvalue weighted by Crippen LogP contribution is -2.36. The molecule has 1 aliphatic heterocycles. The molecule has 22 heavy (non-hydrogen) atoms. The summed E-state index contributed by atoms with van der Waals surface area (Å²) in [7, 11) is 1.70. The third-order valence-corrected chi connectivity index (χ3v) is 3.68. The number of hydrogen-bond donors (Lipinski definition) is 1. The average molecular weight is 306 g/mol. The fraction of sp³-hybridized carbons (Fsp3) is 0.438. The van der Waals surface area contributed by atoms with Gasteiger partial charge in [0.1, 0.15) is 5.82 Å². The Morgan fingerprint density at radius 1 is 1.27 bits per heavy atom. The fourth-order valence-corrected chi connectivity index (χ4v) is 2.45. The lowest BCUT2D eigenvalue weighted by Gasteiger charge is -2.12. The molecule has 2 rings (SSSR count). The van der Waals surface area contributed by atoms with Crippen LogP contribution in [0.3, 0.4) is 0 Å². The summed E-state index contributed by atoms with van der Waals surface area (Å²) < 4.78 is 12.8. The first-order chi connectivity index (χ1) is 10.5. The molecule has 0 bridgehead atoms. The van der Waals surface area contributed by atoms with E-state index in [4.69, 9.17) is 0 Å². The Balaban J connectivity index is 1.70. The highest BCUT2D eigenvalue weighted by atomic mass is 19.1. The molecule has 1 aliphatic rings. The van der Waals surface area contributed by atoms with Crippen LogP contribution in [-0.4, -0.2) is 42.1 Å². The summed E-state index contributed by atoms with van der Waals surface area (Å²) in [5.41, 5.74) is 0.449. The highest BCUT2D eigenvalue weighted by Crippen LogP contribution is 2.10. The second-order valence-electron chi connectivity index (χ2n) is 5.53. The molecule has 0 saturated carbocycles. The van der Waals surface area contributed by atoms with E-state index in [1.165, 1.54) is 24.3 Å². The largest absolute Gasteiger partial charge is 0.351 e. The lowest BCUT2D eigenvalue weighted by molar-refractivity contribution is -0.126. The summed E-state index contributed by atoms with van der Waals surface area (Å²) in [5.74, 6) is -0.618. The van der Waals surface area contributed by atoms with Crippen molar-refractivity contribution in [2.45, 2.75) is 31.7 Å². The van der Waals surface area contributed by atoms with E-state index in [0.717, 1.165) is 0 Å². The molecule has 1 heterocycles. The Kier molecular flexibility index (Phi) is 5.25. The zero-order valence-corrected chi connectivity index (χ0v) is 12.5. The number of Topliss-reactive ketones (excluding diaryl/α,β-unsaturated/α-hetero) is 1. The highest BCUT2D eigenvalue weighted by Gasteiger charge is 2.27. The van der Waals surface area contributed by atoms with Crippen LogP contribution < -0.4 is 5.32 Å². The summed E-state index contributed by atoms with van der Waals surface area (Å²) >= 11 is 0. The number of nitrogens with one attached hydrogen (secondary N) is 1. The van der Waals surface area contributed by atoms with Gasteiger partial charge in [-0.25, -0.2) is 4.39 Å². The molecule has 6 heteroatoms. The molecule has 1 saturated heterocycles. The first-order valence-corrected chi connectivity index (χ1v) is 7.28. The minimum absolute atomic E-state index is 0.0248. The van der Waals surface area contributed by atoms with Crippen LogP contribution in [0.2, 0.25) is 0 Å². The van der Waals surface area contributed by atoms with Gasteiger partial charge in [0.05, 0.1) is 6.04 Å². The molecular weight excluding hydrogens is 287 g/mol. The summed E-state index contributed by atoms with van der Waals surface area (Å²) in [6, 6.07) is 5.23. The molecule has 0 unspecified atom stereocenters. The van der Waals surface area contributed by atoms with Crippen molar-refractivity contribution in [3.05, 3.63) is 35.6 Å². The number of benzene rings is 1. The van der Waals surface area contributed by atoms with Crippen LogP contribution in [0, 0.1) is 5.82 Å². The quantitative estimate of drug-likeness (QED) is 0.811. The van der Waals surface area contributed by atoms with Gasteiger partial charge in [0.25, 0.3) is 0 Å². The molecule has 118 valence electrons. The number of halogens is 1. The van der Waals surface area contributed by atoms with Crippen molar-refractivity contribution >= 4 is 17.6 Å². The van der Waals surface area contributed by atoms with E-state index in [1.807, 2.05) is 0 Å². The maximum absolute atomic E-state index is 12.8. The van der Waals surface area contributed by atoms with Gasteiger partial charge in [0, 0.05) is 38.4 Å². The molecule has 0 spiro atoms. The Bertz CT molecular complexity index is 571. The first-order valence-electron chi connectivity index (χ1n) is 7.28. The van der Waals surface area contributed by atoms with E-state index in [2.05, 4.69) is 5.32 Å². The van der Waals surface area contributed by atoms with Crippen molar-refractivity contribution < 1.29 is 18.8 Å². The van der Waals surface area contributed by atoms with Crippen LogP contribution in [0.4, 0.5) is 4.39 Å². The zero-order chi connectivity index (χ0) is 16.1. The van der Waals surface area contributed by atoms with Crippen LogP contribution >= 0.6 is 0 Å². The van der Waals surface area contributed by atoms with Crippen LogP contribution in [0.15, 0.2) is 24.3 Å². The molecule has 1 atom stereocenters. The topological polar surface area (TPSA) is 66.5 Å². The van der Waals surface area contributed by atoms with Gasteiger partial charge in [0.2, 0.25) is 11.8 Å². The van der Waals surface area contributed by atoms with E-state index >= 15 is 0 Å². The lowest BCUT2D eigenvalue weighted by atomic mass is 10.1. The van der Waals surface area contributed by atoms with Crippen LogP contribution in [0.25, 0.3) is 0 Å². The van der Waals surface area contributed by atoms with Crippen LogP contribution in [0.1, 0.15) is 36.0 Å². The van der Waals surface area contributed by atoms with Gasteiger partial charge in [-0.15, -0.1) is 0 Å². The maximum Gasteiger partial charge on any atom is 0.224 e. The molecule has 1 aromatic rings. The predicted molar refractivity (Wildman–Crippen MR) is 78.8 cm³/mol. The molecule has 5 nitrogen and oxygen atoms in total. The van der Waals surface area contributed by atoms with Crippen molar-refractivity contribution in [1.82, 2.24) is 10.2 Å². The van der Waals surface area contributed by atoms with E-state index in [0.29, 0.717) is 24.9 Å². The Hall–Kier alpha value is -2.24. The number of likely N-dealkylation sites (N-methyl/N-ethyl adjacent to an activating group) is 1. The van der Waals surface area contributed by atoms with E-state index in [-0.39, 0.29) is 42.3 Å². The number of ketones is 1. The average Bonchev–Trinajstić information content (AvgIpc) is 2.77. The number of carbonyl (C=O) groups excluding carboxylic acids is 3. The van der Waals surface area contributed by atoms with Gasteiger partial charge in [-0.05, 0) is 30.7 Å². The van der Waals surface area contributed by atoms with E-state index < -0.39 is 0 Å². The third kappa shape index (κ3) is 4.38. The van der Waals surface area contributed by atoms with Crippen LogP contribution in [-0.2, 0) is 9.59 Å². The molecule has 1 N–H and O–H groups in total. The molecule has 1 aromatic carbocycles. The minimum Gasteiger partial charge on any atom is -0.351 e. The number of likely N-dealkylation sites (tertiary alicyclic amines) is 1. The first kappa shape index (κ1) is 16.1. The number of nitrogens with zero attached hydrogens (tertiary/aromatic N) is 1. The minimum atomic E-state index is -0.382. The van der Waals surface area contributed by atoms with Gasteiger partial charge in [-0.3, -0.25) is 14.4 Å². The third-order valence-electron chi connectivity index (χ3n) is 3.68. The van der Waals surface area contributed by atoms with Gasteiger partial charge in [0.15, 0.2) is 5.78 Å². The van der Waals surface area contributed by atoms with Crippen molar-refractivity contribution in [3.63, 3.8) is 0 Å². The van der Waals surface area contributed by atoms with Crippen LogP contribution in [0.5, 0.6) is 0 Å². The van der Waals surface area contributed by atoms with Gasteiger partial charge in [-0.2, -0.15) is 0 Å². The number of carbonyl (C=O) groups is 3. The van der Waals surface area contributed by atoms with Gasteiger partial charge < -0.3 is 10.2 Å². The smallest absolute Gasteiger partial charge is 0.224 e. The Labute approximate surface area is 128 Å². The predicted octanol–water partition coefficient (Wildman–Crippen LogP) is 1.53. The molecule has 2 amide bonds.